The number of hydrogen-bond acceptors (Lipinski definition) is 10. The zero-order valence-electron chi connectivity index (χ0n) is 31.1. The van der Waals surface area contributed by atoms with Gasteiger partial charge in [0.15, 0.2) is 0 Å². The average Bonchev–Trinajstić information content (AvgIpc) is 3.12. The summed E-state index contributed by atoms with van der Waals surface area (Å²) < 4.78 is 66.2. The number of allylic oxidation sites excluding steroid dienone is 1. The van der Waals surface area contributed by atoms with Crippen molar-refractivity contribution >= 4 is 44.3 Å². The highest BCUT2D eigenvalue weighted by atomic mass is 35.5. The average molecular weight is 790 g/mol. The molecule has 1 amide bonds. The maximum absolute atomic E-state index is 13.6. The fourth-order valence-corrected chi connectivity index (χ4v) is 10.5. The lowest BCUT2D eigenvalue weighted by Crippen LogP contribution is -2.60. The van der Waals surface area contributed by atoms with Gasteiger partial charge < -0.3 is 24.2 Å². The van der Waals surface area contributed by atoms with Gasteiger partial charge in [-0.3, -0.25) is 13.9 Å². The van der Waals surface area contributed by atoms with E-state index in [1.54, 1.807) is 25.1 Å². The standard InChI is InChI=1S/C39H55ClN4O7S2/c1-4-51-39(26-43-19-17-41-34(23-43)25-52(46)47)16-7-8-27(2)28(3)53(48,49)42-38(45)30-12-15-37-36(21-30)44(22-31-11-14-35(31)39)18-6-5-9-29-20-33(40)13-10-32(29)24-50-37/h7,10,12-13,15-16,20-21,27-28,31,34-35,41H,4-6,8-9,11,14,17-19,22-26H2,1-3H3,(H,42,45)(H,46,47)/p-1/b16-7+/t27-,28+,31-,34-,35+,39-/m0/s1. The van der Waals surface area contributed by atoms with Gasteiger partial charge >= 0.3 is 0 Å². The Labute approximate surface area is 322 Å². The highest BCUT2D eigenvalue weighted by Gasteiger charge is 2.49. The predicted molar refractivity (Wildman–Crippen MR) is 209 cm³/mol. The van der Waals surface area contributed by atoms with E-state index in [9.17, 15) is 22.0 Å². The van der Waals surface area contributed by atoms with E-state index in [1.165, 1.54) is 0 Å². The molecule has 2 bridgehead atoms. The van der Waals surface area contributed by atoms with Crippen LogP contribution in [0.5, 0.6) is 5.75 Å². The van der Waals surface area contributed by atoms with Crippen molar-refractivity contribution < 1.29 is 31.4 Å². The molecule has 14 heteroatoms. The lowest BCUT2D eigenvalue weighted by Gasteiger charge is -2.52. The number of benzene rings is 2. The topological polar surface area (TPSA) is 140 Å². The summed E-state index contributed by atoms with van der Waals surface area (Å²) in [7, 11) is -4.01. The molecule has 0 radical (unpaired) electrons. The number of nitrogens with one attached hydrogen (secondary N) is 2. The van der Waals surface area contributed by atoms with Gasteiger partial charge in [-0.2, -0.15) is 0 Å². The third-order valence-electron chi connectivity index (χ3n) is 11.7. The normalized spacial score (nSPS) is 31.0. The van der Waals surface area contributed by atoms with Crippen molar-refractivity contribution in [3.63, 3.8) is 0 Å². The number of fused-ring (bicyclic) bond motifs is 3. The molecule has 6 rings (SSSR count). The van der Waals surface area contributed by atoms with Gasteiger partial charge in [-0.25, -0.2) is 13.1 Å². The number of ether oxygens (including phenoxy) is 2. The first-order valence-corrected chi connectivity index (χ1v) is 22.2. The number of rotatable bonds is 6. The maximum atomic E-state index is 13.6. The number of halogens is 1. The van der Waals surface area contributed by atoms with Crippen molar-refractivity contribution in [2.75, 3.05) is 56.5 Å². The van der Waals surface area contributed by atoms with Crippen molar-refractivity contribution in [1.82, 2.24) is 14.9 Å². The van der Waals surface area contributed by atoms with Gasteiger partial charge in [-0.1, -0.05) is 47.8 Å². The smallest absolute Gasteiger partial charge is 0.264 e. The van der Waals surface area contributed by atoms with E-state index in [4.69, 9.17) is 21.1 Å². The predicted octanol–water partition coefficient (Wildman–Crippen LogP) is 5.06. The number of piperazine rings is 1. The molecule has 0 spiro atoms. The van der Waals surface area contributed by atoms with Gasteiger partial charge in [-0.15, -0.1) is 0 Å². The van der Waals surface area contributed by atoms with E-state index in [0.29, 0.717) is 56.6 Å². The quantitative estimate of drug-likeness (QED) is 0.302. The number of anilines is 1. The van der Waals surface area contributed by atoms with Crippen molar-refractivity contribution in [1.29, 1.82) is 0 Å². The zero-order chi connectivity index (χ0) is 37.8. The Balaban J connectivity index is 1.40. The third kappa shape index (κ3) is 9.66. The molecule has 1 unspecified atom stereocenters. The van der Waals surface area contributed by atoms with Crippen LogP contribution in [-0.2, 0) is 38.9 Å². The molecule has 4 aliphatic rings. The number of amides is 1. The summed E-state index contributed by atoms with van der Waals surface area (Å²) in [4.78, 5) is 18.3. The summed E-state index contributed by atoms with van der Waals surface area (Å²) in [6.07, 6.45) is 9.38. The van der Waals surface area contributed by atoms with Crippen LogP contribution in [0, 0.1) is 17.8 Å². The Bertz CT molecular complexity index is 1780. The molecule has 11 nitrogen and oxygen atoms in total. The molecule has 1 saturated heterocycles. The number of nitrogens with zero attached hydrogens (tertiary/aromatic N) is 2. The molecule has 1 saturated carbocycles. The molecular formula is C39H54ClN4O7S2-. The number of carbonyl (C=O) groups excluding carboxylic acids is 1. The minimum absolute atomic E-state index is 0.0526. The second-order valence-electron chi connectivity index (χ2n) is 15.3. The summed E-state index contributed by atoms with van der Waals surface area (Å²) >= 11 is 4.24. The van der Waals surface area contributed by atoms with Crippen LogP contribution in [0.1, 0.15) is 74.4 Å². The molecular weight excluding hydrogens is 736 g/mol. The first-order chi connectivity index (χ1) is 25.4. The first-order valence-electron chi connectivity index (χ1n) is 19.1. The Morgan fingerprint density at radius 2 is 1.92 bits per heavy atom. The summed E-state index contributed by atoms with van der Waals surface area (Å²) in [5, 5.41) is 3.21. The minimum Gasteiger partial charge on any atom is -0.772 e. The van der Waals surface area contributed by atoms with Crippen LogP contribution in [0.2, 0.25) is 5.02 Å². The molecule has 3 heterocycles. The summed E-state index contributed by atoms with van der Waals surface area (Å²) in [6.45, 7) is 10.4. The maximum Gasteiger partial charge on any atom is 0.264 e. The van der Waals surface area contributed by atoms with E-state index in [2.05, 4.69) is 32.0 Å². The Kier molecular flexibility index (Phi) is 13.3. The highest BCUT2D eigenvalue weighted by Crippen LogP contribution is 2.47. The second kappa shape index (κ2) is 17.5. The summed E-state index contributed by atoms with van der Waals surface area (Å²) in [5.41, 5.74) is 2.57. The van der Waals surface area contributed by atoms with Crippen LogP contribution >= 0.6 is 11.6 Å². The monoisotopic (exact) mass is 789 g/mol. The summed E-state index contributed by atoms with van der Waals surface area (Å²) in [6, 6.07) is 10.9. The molecule has 2 aromatic carbocycles. The first kappa shape index (κ1) is 40.2. The van der Waals surface area contributed by atoms with E-state index >= 15 is 0 Å². The fraction of sp³-hybridized carbons (Fsp3) is 0.615. The van der Waals surface area contributed by atoms with Crippen LogP contribution in [0.4, 0.5) is 5.69 Å². The largest absolute Gasteiger partial charge is 0.772 e. The van der Waals surface area contributed by atoms with E-state index in [-0.39, 0.29) is 35.1 Å². The van der Waals surface area contributed by atoms with Crippen molar-refractivity contribution in [2.45, 2.75) is 82.8 Å². The number of hydrogen-bond donors (Lipinski definition) is 2. The number of sulfonamides is 1. The molecule has 2 fully saturated rings. The van der Waals surface area contributed by atoms with Crippen molar-refractivity contribution in [2.24, 2.45) is 17.8 Å². The van der Waals surface area contributed by atoms with Crippen molar-refractivity contribution in [3.8, 4) is 5.75 Å². The Hall–Kier alpha value is -2.52. The zero-order valence-corrected chi connectivity index (χ0v) is 33.4. The van der Waals surface area contributed by atoms with Crippen molar-refractivity contribution in [3.05, 3.63) is 70.3 Å². The highest BCUT2D eigenvalue weighted by molar-refractivity contribution is 7.90. The van der Waals surface area contributed by atoms with Gasteiger partial charge in [0, 0.05) is 68.3 Å². The van der Waals surface area contributed by atoms with Gasteiger partial charge in [0.1, 0.15) is 18.0 Å². The molecule has 292 valence electrons. The lowest BCUT2D eigenvalue weighted by molar-refractivity contribution is -0.111. The fourth-order valence-electron chi connectivity index (χ4n) is 8.48. The van der Waals surface area contributed by atoms with E-state index < -0.39 is 37.9 Å². The second-order valence-corrected chi connectivity index (χ2v) is 18.7. The molecule has 2 N–H and O–H groups in total. The SMILES string of the molecule is CCO[C@]1(CN2CCN[C@H](CS(=O)[O-])C2)/C=C/C[C@H](C)[C@@H](C)S(=O)(=O)NC(=O)c2ccc3c(c2)N(CCCCc2cc(Cl)ccc2CO3)C[C@@H]2CC[C@H]21. The third-order valence-corrected chi connectivity index (χ3v) is 14.6. The van der Waals surface area contributed by atoms with Crippen LogP contribution in [0.15, 0.2) is 48.6 Å². The van der Waals surface area contributed by atoms with Crippen LogP contribution < -0.4 is 19.7 Å². The Morgan fingerprint density at radius 1 is 1.09 bits per heavy atom. The van der Waals surface area contributed by atoms with Gasteiger partial charge in [0.25, 0.3) is 5.91 Å². The molecule has 7 atom stereocenters. The molecule has 2 aromatic rings. The molecule has 0 aromatic heterocycles. The summed E-state index contributed by atoms with van der Waals surface area (Å²) in [5.74, 6) is 0.156. The van der Waals surface area contributed by atoms with Gasteiger partial charge in [-0.05, 0) is 112 Å². The molecule has 1 aliphatic carbocycles. The van der Waals surface area contributed by atoms with E-state index in [0.717, 1.165) is 62.0 Å². The number of carbonyl (C=O) groups is 1. The van der Waals surface area contributed by atoms with Crippen LogP contribution in [-0.4, -0.2) is 96.5 Å². The van der Waals surface area contributed by atoms with Gasteiger partial charge in [0.2, 0.25) is 10.0 Å². The molecule has 3 aliphatic heterocycles. The Morgan fingerprint density at radius 3 is 2.68 bits per heavy atom. The minimum atomic E-state index is -4.01. The van der Waals surface area contributed by atoms with Gasteiger partial charge in [0.05, 0.1) is 10.9 Å². The number of aryl methyl sites for hydroxylation is 1. The molecule has 53 heavy (non-hydrogen) atoms. The van der Waals surface area contributed by atoms with E-state index in [1.807, 2.05) is 32.0 Å². The lowest BCUT2D eigenvalue weighted by atomic mass is 9.63. The van der Waals surface area contributed by atoms with Crippen LogP contribution in [0.3, 0.4) is 0 Å². The van der Waals surface area contributed by atoms with Crippen LogP contribution in [0.25, 0.3) is 0 Å².